The molecule has 10 nitrogen and oxygen atoms in total. The monoisotopic (exact) mass is 644 g/mol. The zero-order valence-corrected chi connectivity index (χ0v) is 25.8. The van der Waals surface area contributed by atoms with Crippen molar-refractivity contribution in [1.82, 2.24) is 20.3 Å². The van der Waals surface area contributed by atoms with Crippen LogP contribution in [0, 0.1) is 0 Å². The van der Waals surface area contributed by atoms with Crippen LogP contribution in [-0.2, 0) is 27.6 Å². The Labute approximate surface area is 264 Å². The molecule has 1 heterocycles. The minimum absolute atomic E-state index is 0.0435. The molecule has 0 bridgehead atoms. The van der Waals surface area contributed by atoms with Crippen molar-refractivity contribution in [3.8, 4) is 5.75 Å². The van der Waals surface area contributed by atoms with Crippen LogP contribution < -0.4 is 10.1 Å². The number of halogens is 1. The van der Waals surface area contributed by atoms with Gasteiger partial charge in [-0.2, -0.15) is 0 Å². The highest BCUT2D eigenvalue weighted by Gasteiger charge is 2.24. The molecule has 0 saturated heterocycles. The van der Waals surface area contributed by atoms with E-state index in [0.29, 0.717) is 27.2 Å². The third-order valence-corrected chi connectivity index (χ3v) is 9.37. The van der Waals surface area contributed by atoms with Crippen molar-refractivity contribution in [2.24, 2.45) is 0 Å². The maximum Gasteiger partial charge on any atom is 0.349 e. The van der Waals surface area contributed by atoms with E-state index in [1.807, 2.05) is 12.1 Å². The van der Waals surface area contributed by atoms with E-state index in [0.717, 1.165) is 31.1 Å². The van der Waals surface area contributed by atoms with Crippen LogP contribution in [0.2, 0.25) is 5.02 Å². The van der Waals surface area contributed by atoms with E-state index in [2.05, 4.69) is 27.8 Å². The van der Waals surface area contributed by atoms with Gasteiger partial charge in [0, 0.05) is 22.4 Å². The van der Waals surface area contributed by atoms with Crippen molar-refractivity contribution in [2.45, 2.75) is 42.8 Å². The van der Waals surface area contributed by atoms with Crippen LogP contribution in [0.15, 0.2) is 89.8 Å². The molecule has 230 valence electrons. The number of carboxylic acids is 1. The number of carbonyl (C=O) groups is 2. The molecule has 1 aliphatic rings. The smallest absolute Gasteiger partial charge is 0.349 e. The predicted molar refractivity (Wildman–Crippen MR) is 168 cm³/mol. The van der Waals surface area contributed by atoms with Crippen molar-refractivity contribution < 1.29 is 27.9 Å². The van der Waals surface area contributed by atoms with E-state index in [9.17, 15) is 23.1 Å². The molecule has 2 unspecified atom stereocenters. The third-order valence-electron chi connectivity index (χ3n) is 7.88. The fourth-order valence-corrected chi connectivity index (χ4v) is 6.38. The number of aromatic nitrogens is 3. The zero-order valence-electron chi connectivity index (χ0n) is 24.2. The van der Waals surface area contributed by atoms with E-state index < -0.39 is 21.9 Å². The van der Waals surface area contributed by atoms with Crippen LogP contribution in [-0.4, -0.2) is 46.7 Å². The highest BCUT2D eigenvalue weighted by atomic mass is 35.5. The number of carboxylic acid groups (broad SMARTS) is 1. The summed E-state index contributed by atoms with van der Waals surface area (Å²) in [5, 5.41) is 22.0. The lowest BCUT2D eigenvalue weighted by Crippen LogP contribution is -2.30. The lowest BCUT2D eigenvalue weighted by atomic mass is 9.87. The Balaban J connectivity index is 1.19. The summed E-state index contributed by atoms with van der Waals surface area (Å²) in [4.78, 5) is 25.3. The number of rotatable bonds is 9. The maximum absolute atomic E-state index is 13.2. The van der Waals surface area contributed by atoms with Crippen LogP contribution in [0.3, 0.4) is 0 Å². The maximum atomic E-state index is 13.2. The molecule has 12 heteroatoms. The van der Waals surface area contributed by atoms with Crippen LogP contribution in [0.4, 0.5) is 0 Å². The standard InChI is InChI=1S/C33H29ClN4O6S/c1-45(42,43)25-13-9-21(10-14-25)31(33(40)41)44-24-12-15-27(34)23(17-24)19-38-30-16-11-22(18-29(30)36-37-38)32(39)35-28-8-4-6-20-5-2-3-7-26(20)28/h2-3,5,7,9-18,28,31H,4,6,8,19H2,1H3,(H,35,39)(H,40,41). The quantitative estimate of drug-likeness (QED) is 0.213. The lowest BCUT2D eigenvalue weighted by Gasteiger charge is -2.26. The van der Waals surface area contributed by atoms with Gasteiger partial charge in [0.05, 0.1) is 23.0 Å². The molecule has 45 heavy (non-hydrogen) atoms. The van der Waals surface area contributed by atoms with Gasteiger partial charge < -0.3 is 15.2 Å². The number of nitrogens with one attached hydrogen (secondary N) is 1. The lowest BCUT2D eigenvalue weighted by molar-refractivity contribution is -0.145. The molecule has 0 aliphatic heterocycles. The Morgan fingerprint density at radius 3 is 2.60 bits per heavy atom. The number of aryl methyl sites for hydroxylation is 1. The Morgan fingerprint density at radius 1 is 1.07 bits per heavy atom. The summed E-state index contributed by atoms with van der Waals surface area (Å²) < 4.78 is 31.0. The zero-order chi connectivity index (χ0) is 31.7. The Hall–Kier alpha value is -4.74. The number of amides is 1. The third kappa shape index (κ3) is 6.54. The number of fused-ring (bicyclic) bond motifs is 2. The SMILES string of the molecule is CS(=O)(=O)c1ccc(C(Oc2ccc(Cl)c(Cn3nnc4cc(C(=O)NC5CCCc6ccccc65)ccc43)c2)C(=O)O)cc1. The van der Waals surface area contributed by atoms with Crippen molar-refractivity contribution in [2.75, 3.05) is 6.26 Å². The van der Waals surface area contributed by atoms with E-state index >= 15 is 0 Å². The number of nitrogens with zero attached hydrogens (tertiary/aromatic N) is 3. The molecule has 0 fully saturated rings. The van der Waals surface area contributed by atoms with Gasteiger partial charge in [-0.25, -0.2) is 17.9 Å². The largest absolute Gasteiger partial charge is 0.478 e. The van der Waals surface area contributed by atoms with E-state index in [4.69, 9.17) is 16.3 Å². The number of hydrogen-bond donors (Lipinski definition) is 2. The second-order valence-electron chi connectivity index (χ2n) is 11.0. The Kier molecular flexibility index (Phi) is 8.30. The first-order chi connectivity index (χ1) is 21.6. The molecule has 0 radical (unpaired) electrons. The van der Waals surface area contributed by atoms with Gasteiger partial charge in [-0.05, 0) is 84.5 Å². The number of ether oxygens (including phenoxy) is 1. The first-order valence-corrected chi connectivity index (χ1v) is 16.5. The molecule has 6 rings (SSSR count). The second-order valence-corrected chi connectivity index (χ2v) is 13.4. The van der Waals surface area contributed by atoms with Gasteiger partial charge in [-0.3, -0.25) is 4.79 Å². The van der Waals surface area contributed by atoms with Crippen LogP contribution in [0.5, 0.6) is 5.75 Å². The number of aliphatic carboxylic acids is 1. The van der Waals surface area contributed by atoms with Gasteiger partial charge in [-0.1, -0.05) is 53.2 Å². The first kappa shape index (κ1) is 30.3. The fraction of sp³-hybridized carbons (Fsp3) is 0.212. The predicted octanol–water partition coefficient (Wildman–Crippen LogP) is 5.55. The van der Waals surface area contributed by atoms with E-state index in [1.54, 1.807) is 41.1 Å². The Morgan fingerprint density at radius 2 is 1.84 bits per heavy atom. The average molecular weight is 645 g/mol. The van der Waals surface area contributed by atoms with Gasteiger partial charge in [0.25, 0.3) is 5.91 Å². The van der Waals surface area contributed by atoms with Gasteiger partial charge in [-0.15, -0.1) is 5.10 Å². The topological polar surface area (TPSA) is 140 Å². The summed E-state index contributed by atoms with van der Waals surface area (Å²) in [6.45, 7) is 0.206. The molecule has 4 aromatic carbocycles. The van der Waals surface area contributed by atoms with Gasteiger partial charge in [0.2, 0.25) is 6.10 Å². The number of benzene rings is 4. The molecular weight excluding hydrogens is 616 g/mol. The van der Waals surface area contributed by atoms with Gasteiger partial charge in [0.1, 0.15) is 11.3 Å². The Bertz CT molecular complexity index is 2030. The van der Waals surface area contributed by atoms with Crippen molar-refractivity contribution in [1.29, 1.82) is 0 Å². The van der Waals surface area contributed by atoms with E-state index in [-0.39, 0.29) is 34.7 Å². The fourth-order valence-electron chi connectivity index (χ4n) is 5.57. The highest BCUT2D eigenvalue weighted by Crippen LogP contribution is 2.31. The summed E-state index contributed by atoms with van der Waals surface area (Å²) >= 11 is 6.49. The summed E-state index contributed by atoms with van der Waals surface area (Å²) in [6.07, 6.45) is 2.60. The summed E-state index contributed by atoms with van der Waals surface area (Å²) in [6, 6.07) is 23.7. The summed E-state index contributed by atoms with van der Waals surface area (Å²) in [5.41, 5.74) is 5.02. The van der Waals surface area contributed by atoms with Crippen molar-refractivity contribution in [3.63, 3.8) is 0 Å². The molecule has 1 amide bonds. The van der Waals surface area contributed by atoms with Crippen LogP contribution in [0.1, 0.15) is 57.6 Å². The molecule has 0 saturated carbocycles. The molecule has 5 aromatic rings. The number of carbonyl (C=O) groups excluding carboxylic acids is 1. The van der Waals surface area contributed by atoms with Gasteiger partial charge >= 0.3 is 5.97 Å². The minimum atomic E-state index is -3.43. The number of hydrogen-bond acceptors (Lipinski definition) is 7. The second kappa shape index (κ2) is 12.3. The molecule has 1 aliphatic carbocycles. The molecule has 2 N–H and O–H groups in total. The molecular formula is C33H29ClN4O6S. The first-order valence-electron chi connectivity index (χ1n) is 14.3. The molecule has 1 aromatic heterocycles. The normalized spacial score (nSPS) is 15.3. The molecule has 0 spiro atoms. The molecule has 2 atom stereocenters. The van der Waals surface area contributed by atoms with Crippen molar-refractivity contribution in [3.05, 3.63) is 118 Å². The summed E-state index contributed by atoms with van der Waals surface area (Å²) in [5.74, 6) is -1.17. The van der Waals surface area contributed by atoms with E-state index in [1.165, 1.54) is 29.8 Å². The van der Waals surface area contributed by atoms with Gasteiger partial charge in [0.15, 0.2) is 9.84 Å². The average Bonchev–Trinajstić information content (AvgIpc) is 3.43. The van der Waals surface area contributed by atoms with Crippen LogP contribution >= 0.6 is 11.6 Å². The highest BCUT2D eigenvalue weighted by molar-refractivity contribution is 7.90. The van der Waals surface area contributed by atoms with Crippen molar-refractivity contribution >= 4 is 44.3 Å². The summed E-state index contributed by atoms with van der Waals surface area (Å²) in [7, 11) is -3.43. The number of sulfone groups is 1. The van der Waals surface area contributed by atoms with Crippen LogP contribution in [0.25, 0.3) is 11.0 Å². The minimum Gasteiger partial charge on any atom is -0.478 e.